The van der Waals surface area contributed by atoms with Crippen molar-refractivity contribution < 1.29 is 34.6 Å². The molecule has 13 nitrogen and oxygen atoms in total. The van der Waals surface area contributed by atoms with Gasteiger partial charge in [-0.05, 0) is 18.8 Å². The van der Waals surface area contributed by atoms with Crippen molar-refractivity contribution in [2.45, 2.75) is 45.7 Å². The molecule has 0 radical (unpaired) electrons. The van der Waals surface area contributed by atoms with Crippen molar-refractivity contribution in [1.29, 1.82) is 5.41 Å². The minimum atomic E-state index is -1.25. The summed E-state index contributed by atoms with van der Waals surface area (Å²) in [4.78, 5) is 46.5. The van der Waals surface area contributed by atoms with Gasteiger partial charge < -0.3 is 31.9 Å². The van der Waals surface area contributed by atoms with E-state index in [1.165, 1.54) is 6.92 Å². The predicted molar refractivity (Wildman–Crippen MR) is 103 cm³/mol. The van der Waals surface area contributed by atoms with E-state index in [0.29, 0.717) is 5.06 Å². The smallest absolute Gasteiger partial charge is 0.322 e. The van der Waals surface area contributed by atoms with Crippen LogP contribution in [0.25, 0.3) is 0 Å². The summed E-state index contributed by atoms with van der Waals surface area (Å²) in [6.45, 7) is 4.01. The summed E-state index contributed by atoms with van der Waals surface area (Å²) in [6, 6.07) is -1.96. The number of carbonyl (C=O) groups excluding carboxylic acids is 3. The molecule has 0 aromatic rings. The lowest BCUT2D eigenvalue weighted by molar-refractivity contribution is -0.138. The van der Waals surface area contributed by atoms with Gasteiger partial charge in [0.25, 0.3) is 0 Å². The van der Waals surface area contributed by atoms with Gasteiger partial charge in [-0.3, -0.25) is 29.8 Å². The highest BCUT2D eigenvalue weighted by atomic mass is 16.5. The number of carboxylic acids is 1. The molecule has 0 aliphatic rings. The van der Waals surface area contributed by atoms with E-state index in [1.807, 2.05) is 0 Å². The summed E-state index contributed by atoms with van der Waals surface area (Å²) in [5.41, 5.74) is 5.10. The van der Waals surface area contributed by atoms with Crippen LogP contribution in [-0.4, -0.2) is 82.4 Å². The number of amides is 3. The molecule has 0 spiro atoms. The molecule has 2 unspecified atom stereocenters. The molecular weight excluding hydrogens is 388 g/mol. The summed E-state index contributed by atoms with van der Waals surface area (Å²) >= 11 is 0. The van der Waals surface area contributed by atoms with Crippen LogP contribution in [0, 0.1) is 11.3 Å². The van der Waals surface area contributed by atoms with Crippen molar-refractivity contribution in [3.05, 3.63) is 0 Å². The Balaban J connectivity index is 0. The highest BCUT2D eigenvalue weighted by Crippen LogP contribution is 2.05. The molecule has 9 N–H and O–H groups in total. The van der Waals surface area contributed by atoms with Crippen LogP contribution in [0.1, 0.15) is 33.6 Å². The standard InChI is InChI=1S/C15H28N6O6.CH4O/c1-8(2)12(19-9(3)22)14(26)20-10(13(25)18-7-11(23)24)5-4-6-21(27)15(16)17;1-2/h8,10,12,27H,4-7H2,1-3H3,(H3,16,17)(H,18,25)(H,19,22)(H,20,26)(H,23,24);2H,1H3. The fraction of sp³-hybridized carbons (Fsp3) is 0.688. The normalized spacial score (nSPS) is 12.0. The first kappa shape index (κ1) is 28.3. The topological polar surface area (TPSA) is 218 Å². The van der Waals surface area contributed by atoms with Gasteiger partial charge in [0.05, 0.1) is 0 Å². The van der Waals surface area contributed by atoms with Crippen LogP contribution in [0.4, 0.5) is 0 Å². The van der Waals surface area contributed by atoms with Crippen molar-refractivity contribution in [3.63, 3.8) is 0 Å². The first-order valence-electron chi connectivity index (χ1n) is 8.77. The van der Waals surface area contributed by atoms with Crippen molar-refractivity contribution in [3.8, 4) is 0 Å². The van der Waals surface area contributed by atoms with Gasteiger partial charge in [0.15, 0.2) is 0 Å². The van der Waals surface area contributed by atoms with E-state index in [-0.39, 0.29) is 25.3 Å². The Bertz CT molecular complexity index is 570. The van der Waals surface area contributed by atoms with E-state index in [2.05, 4.69) is 16.0 Å². The van der Waals surface area contributed by atoms with E-state index in [4.69, 9.17) is 21.4 Å². The Labute approximate surface area is 169 Å². The molecule has 0 aliphatic heterocycles. The molecule has 0 aromatic heterocycles. The lowest BCUT2D eigenvalue weighted by Crippen LogP contribution is -2.55. The number of carboxylic acid groups (broad SMARTS) is 1. The third-order valence-corrected chi connectivity index (χ3v) is 3.50. The van der Waals surface area contributed by atoms with Gasteiger partial charge in [0.2, 0.25) is 23.7 Å². The molecule has 2 atom stereocenters. The number of aliphatic carboxylic acids is 1. The van der Waals surface area contributed by atoms with Crippen LogP contribution in [0.3, 0.4) is 0 Å². The molecule has 29 heavy (non-hydrogen) atoms. The van der Waals surface area contributed by atoms with E-state index in [0.717, 1.165) is 7.11 Å². The van der Waals surface area contributed by atoms with Gasteiger partial charge in [-0.2, -0.15) is 0 Å². The van der Waals surface area contributed by atoms with Gasteiger partial charge in [0, 0.05) is 20.6 Å². The van der Waals surface area contributed by atoms with Crippen LogP contribution >= 0.6 is 0 Å². The zero-order valence-electron chi connectivity index (χ0n) is 17.1. The van der Waals surface area contributed by atoms with Gasteiger partial charge in [-0.15, -0.1) is 0 Å². The molecule has 0 fully saturated rings. The number of nitrogens with one attached hydrogen (secondary N) is 4. The number of aliphatic hydroxyl groups is 1. The Kier molecular flexibility index (Phi) is 14.7. The average molecular weight is 420 g/mol. The SMILES string of the molecule is CC(=O)NC(C(=O)NC(CCCN(O)C(=N)N)C(=O)NCC(=O)O)C(C)C.CO. The molecule has 0 saturated carbocycles. The Morgan fingerprint density at radius 1 is 1.10 bits per heavy atom. The molecule has 0 heterocycles. The average Bonchev–Trinajstić information content (AvgIpc) is 2.64. The third-order valence-electron chi connectivity index (χ3n) is 3.50. The number of nitrogens with two attached hydrogens (primary N) is 1. The van der Waals surface area contributed by atoms with E-state index in [9.17, 15) is 24.4 Å². The molecule has 0 aliphatic carbocycles. The first-order chi connectivity index (χ1) is 13.5. The van der Waals surface area contributed by atoms with Gasteiger partial charge in [0.1, 0.15) is 18.6 Å². The first-order valence-corrected chi connectivity index (χ1v) is 8.77. The molecule has 168 valence electrons. The number of rotatable bonds is 11. The molecule has 0 bridgehead atoms. The number of carbonyl (C=O) groups is 4. The van der Waals surface area contributed by atoms with Crippen LogP contribution in [0.2, 0.25) is 0 Å². The number of nitrogens with zero attached hydrogens (tertiary/aromatic N) is 1. The van der Waals surface area contributed by atoms with Crippen molar-refractivity contribution in [2.75, 3.05) is 20.2 Å². The highest BCUT2D eigenvalue weighted by Gasteiger charge is 2.28. The molecule has 3 amide bonds. The summed E-state index contributed by atoms with van der Waals surface area (Å²) in [5, 5.41) is 39.7. The van der Waals surface area contributed by atoms with Gasteiger partial charge in [-0.25, -0.2) is 5.06 Å². The minimum Gasteiger partial charge on any atom is -0.480 e. The quantitative estimate of drug-likeness (QED) is 0.103. The number of hydroxylamine groups is 2. The molecule has 13 heteroatoms. The summed E-state index contributed by atoms with van der Waals surface area (Å²) in [6.07, 6.45) is 0.223. The maximum absolute atomic E-state index is 12.4. The molecule has 0 saturated heterocycles. The van der Waals surface area contributed by atoms with E-state index < -0.39 is 48.3 Å². The van der Waals surface area contributed by atoms with Gasteiger partial charge >= 0.3 is 5.97 Å². The Morgan fingerprint density at radius 2 is 1.66 bits per heavy atom. The maximum atomic E-state index is 12.4. The number of guanidine groups is 1. The van der Waals surface area contributed by atoms with E-state index in [1.54, 1.807) is 13.8 Å². The second-order valence-corrected chi connectivity index (χ2v) is 6.25. The second kappa shape index (κ2) is 15.0. The molecule has 0 aromatic carbocycles. The zero-order chi connectivity index (χ0) is 23.1. The van der Waals surface area contributed by atoms with Crippen molar-refractivity contribution in [2.24, 2.45) is 11.7 Å². The Hall–Kier alpha value is -2.93. The van der Waals surface area contributed by atoms with Crippen molar-refractivity contribution >= 4 is 29.7 Å². The van der Waals surface area contributed by atoms with Crippen molar-refractivity contribution in [1.82, 2.24) is 21.0 Å². The fourth-order valence-corrected chi connectivity index (χ4v) is 2.14. The molecular formula is C16H32N6O7. The van der Waals surface area contributed by atoms with Gasteiger partial charge in [-0.1, -0.05) is 13.8 Å². The highest BCUT2D eigenvalue weighted by molar-refractivity contribution is 5.92. The number of aliphatic hydroxyl groups excluding tert-OH is 1. The summed E-state index contributed by atoms with van der Waals surface area (Å²) in [7, 11) is 1.00. The van der Waals surface area contributed by atoms with Crippen LogP contribution in [0.5, 0.6) is 0 Å². The lowest BCUT2D eigenvalue weighted by Gasteiger charge is -2.25. The second-order valence-electron chi connectivity index (χ2n) is 6.25. The monoisotopic (exact) mass is 420 g/mol. The fourth-order valence-electron chi connectivity index (χ4n) is 2.14. The number of hydrogen-bond acceptors (Lipinski definition) is 7. The predicted octanol–water partition coefficient (Wildman–Crippen LogP) is -2.19. The largest absolute Gasteiger partial charge is 0.480 e. The van der Waals surface area contributed by atoms with Crippen LogP contribution < -0.4 is 21.7 Å². The summed E-state index contributed by atoms with van der Waals surface area (Å²) < 4.78 is 0. The minimum absolute atomic E-state index is 0.0480. The third kappa shape index (κ3) is 13.0. The lowest BCUT2D eigenvalue weighted by atomic mass is 10.0. The van der Waals surface area contributed by atoms with Crippen LogP contribution in [-0.2, 0) is 19.2 Å². The summed E-state index contributed by atoms with van der Waals surface area (Å²) in [5.74, 6) is -3.79. The van der Waals surface area contributed by atoms with E-state index >= 15 is 0 Å². The zero-order valence-corrected chi connectivity index (χ0v) is 17.1. The number of hydrogen-bond donors (Lipinski definition) is 8. The maximum Gasteiger partial charge on any atom is 0.322 e. The molecule has 0 rings (SSSR count). The van der Waals surface area contributed by atoms with Crippen LogP contribution in [0.15, 0.2) is 0 Å². The Morgan fingerprint density at radius 3 is 2.07 bits per heavy atom.